The zero-order chi connectivity index (χ0) is 15.9. The lowest BCUT2D eigenvalue weighted by atomic mass is 9.93. The first-order valence-electron chi connectivity index (χ1n) is 8.79. The molecule has 126 valence electrons. The number of piperidine rings is 1. The number of hydrogen-bond donors (Lipinski definition) is 0. The molecule has 0 saturated carbocycles. The number of nitrogens with zero attached hydrogens (tertiary/aromatic N) is 3. The molecule has 5 heteroatoms. The molecular formula is C18H27N3O2. The summed E-state index contributed by atoms with van der Waals surface area (Å²) in [5.74, 6) is 0.855. The van der Waals surface area contributed by atoms with Crippen LogP contribution in [-0.2, 0) is 16.0 Å². The van der Waals surface area contributed by atoms with Crippen molar-refractivity contribution >= 4 is 5.91 Å². The largest absolute Gasteiger partial charge is 0.379 e. The minimum Gasteiger partial charge on any atom is -0.379 e. The van der Waals surface area contributed by atoms with Crippen LogP contribution in [0, 0.1) is 5.92 Å². The summed E-state index contributed by atoms with van der Waals surface area (Å²) in [5, 5.41) is 0. The number of ether oxygens (including phenoxy) is 1. The molecule has 1 amide bonds. The summed E-state index contributed by atoms with van der Waals surface area (Å²) in [7, 11) is 0. The first-order valence-corrected chi connectivity index (χ1v) is 8.79. The van der Waals surface area contributed by atoms with E-state index in [9.17, 15) is 4.79 Å². The van der Waals surface area contributed by atoms with Crippen LogP contribution in [0.1, 0.15) is 25.0 Å². The third-order valence-corrected chi connectivity index (χ3v) is 4.84. The van der Waals surface area contributed by atoms with Crippen LogP contribution in [0.2, 0.25) is 0 Å². The minimum atomic E-state index is 0.308. The number of carbonyl (C=O) groups excluding carboxylic acids is 1. The van der Waals surface area contributed by atoms with E-state index in [-0.39, 0.29) is 0 Å². The molecule has 1 aromatic rings. The van der Waals surface area contributed by atoms with Gasteiger partial charge in [-0.1, -0.05) is 6.07 Å². The highest BCUT2D eigenvalue weighted by molar-refractivity contribution is 5.76. The van der Waals surface area contributed by atoms with Gasteiger partial charge in [0.1, 0.15) is 0 Å². The average molecular weight is 317 g/mol. The molecule has 1 atom stereocenters. The molecule has 5 nitrogen and oxygen atoms in total. The number of rotatable bonds is 5. The van der Waals surface area contributed by atoms with E-state index in [1.165, 1.54) is 6.42 Å². The van der Waals surface area contributed by atoms with Gasteiger partial charge in [-0.05, 0) is 37.3 Å². The maximum absolute atomic E-state index is 12.5. The molecule has 2 saturated heterocycles. The lowest BCUT2D eigenvalue weighted by molar-refractivity contribution is -0.133. The number of carbonyl (C=O) groups is 1. The molecule has 3 rings (SSSR count). The van der Waals surface area contributed by atoms with Gasteiger partial charge < -0.3 is 9.64 Å². The van der Waals surface area contributed by atoms with Crippen LogP contribution in [0.4, 0.5) is 0 Å². The van der Waals surface area contributed by atoms with Crippen molar-refractivity contribution in [3.05, 3.63) is 30.1 Å². The zero-order valence-corrected chi connectivity index (χ0v) is 13.8. The van der Waals surface area contributed by atoms with Crippen molar-refractivity contribution in [1.82, 2.24) is 14.8 Å². The van der Waals surface area contributed by atoms with Crippen LogP contribution in [0.5, 0.6) is 0 Å². The van der Waals surface area contributed by atoms with Crippen molar-refractivity contribution in [1.29, 1.82) is 0 Å². The summed E-state index contributed by atoms with van der Waals surface area (Å²) in [5.41, 5.74) is 1.14. The van der Waals surface area contributed by atoms with E-state index in [2.05, 4.69) is 20.9 Å². The summed E-state index contributed by atoms with van der Waals surface area (Å²) in [4.78, 5) is 21.3. The number of morpholine rings is 1. The summed E-state index contributed by atoms with van der Waals surface area (Å²) in [6.45, 7) is 6.17. The second-order valence-corrected chi connectivity index (χ2v) is 6.58. The molecule has 2 fully saturated rings. The highest BCUT2D eigenvalue weighted by atomic mass is 16.5. The highest BCUT2D eigenvalue weighted by Gasteiger charge is 2.24. The molecule has 0 aromatic carbocycles. The fraction of sp³-hybridized carbons (Fsp3) is 0.667. The maximum Gasteiger partial charge on any atom is 0.223 e. The molecule has 1 aromatic heterocycles. The lowest BCUT2D eigenvalue weighted by Gasteiger charge is -2.33. The van der Waals surface area contributed by atoms with E-state index in [0.717, 1.165) is 64.5 Å². The average Bonchev–Trinajstić information content (AvgIpc) is 2.62. The summed E-state index contributed by atoms with van der Waals surface area (Å²) >= 11 is 0. The van der Waals surface area contributed by atoms with E-state index in [0.29, 0.717) is 18.2 Å². The van der Waals surface area contributed by atoms with Gasteiger partial charge in [0.2, 0.25) is 5.91 Å². The quantitative estimate of drug-likeness (QED) is 0.827. The van der Waals surface area contributed by atoms with E-state index in [1.807, 2.05) is 18.3 Å². The molecule has 0 aliphatic carbocycles. The second kappa shape index (κ2) is 8.41. The van der Waals surface area contributed by atoms with Crippen LogP contribution < -0.4 is 0 Å². The van der Waals surface area contributed by atoms with Crippen LogP contribution in [0.25, 0.3) is 0 Å². The van der Waals surface area contributed by atoms with Crippen molar-refractivity contribution < 1.29 is 9.53 Å². The third kappa shape index (κ3) is 5.01. The van der Waals surface area contributed by atoms with E-state index < -0.39 is 0 Å². The van der Waals surface area contributed by atoms with Crippen LogP contribution in [0.15, 0.2) is 24.4 Å². The van der Waals surface area contributed by atoms with Gasteiger partial charge in [0, 0.05) is 51.0 Å². The minimum absolute atomic E-state index is 0.308. The number of amides is 1. The lowest BCUT2D eigenvalue weighted by Crippen LogP contribution is -2.43. The van der Waals surface area contributed by atoms with Gasteiger partial charge in [0.05, 0.1) is 13.2 Å². The third-order valence-electron chi connectivity index (χ3n) is 4.84. The summed E-state index contributed by atoms with van der Waals surface area (Å²) < 4.78 is 5.35. The number of pyridine rings is 1. The Kier molecular flexibility index (Phi) is 6.00. The van der Waals surface area contributed by atoms with E-state index >= 15 is 0 Å². The molecule has 2 aliphatic rings. The molecular weight excluding hydrogens is 290 g/mol. The molecule has 0 N–H and O–H groups in total. The standard InChI is InChI=1S/C18H27N3O2/c22-18(6-9-20-10-12-23-13-11-20)21-8-3-4-16(15-21)14-17-5-1-2-7-19-17/h1-2,5,7,16H,3-4,6,8-15H2/t16-/m0/s1. The second-order valence-electron chi connectivity index (χ2n) is 6.58. The Morgan fingerprint density at radius 3 is 2.91 bits per heavy atom. The van der Waals surface area contributed by atoms with Gasteiger partial charge in [-0.3, -0.25) is 14.7 Å². The fourth-order valence-electron chi connectivity index (χ4n) is 3.51. The SMILES string of the molecule is O=C(CCN1CCOCC1)N1CCC[C@@H](Cc2ccccn2)C1. The predicted molar refractivity (Wildman–Crippen MR) is 89.1 cm³/mol. The van der Waals surface area contributed by atoms with Gasteiger partial charge in [-0.15, -0.1) is 0 Å². The molecule has 0 unspecified atom stereocenters. The molecule has 0 spiro atoms. The highest BCUT2D eigenvalue weighted by Crippen LogP contribution is 2.20. The van der Waals surface area contributed by atoms with Crippen LogP contribution in [0.3, 0.4) is 0 Å². The Hall–Kier alpha value is -1.46. The van der Waals surface area contributed by atoms with Crippen LogP contribution in [-0.4, -0.2) is 66.6 Å². The summed E-state index contributed by atoms with van der Waals surface area (Å²) in [6.07, 6.45) is 5.78. The normalized spacial score (nSPS) is 23.0. The number of hydrogen-bond acceptors (Lipinski definition) is 4. The van der Waals surface area contributed by atoms with Gasteiger partial charge >= 0.3 is 0 Å². The molecule has 0 radical (unpaired) electrons. The Morgan fingerprint density at radius 1 is 1.26 bits per heavy atom. The molecule has 23 heavy (non-hydrogen) atoms. The van der Waals surface area contributed by atoms with Gasteiger partial charge in [0.25, 0.3) is 0 Å². The molecule has 0 bridgehead atoms. The van der Waals surface area contributed by atoms with E-state index in [1.54, 1.807) is 0 Å². The Labute approximate surface area is 138 Å². The maximum atomic E-state index is 12.5. The van der Waals surface area contributed by atoms with Crippen molar-refractivity contribution in [2.75, 3.05) is 45.9 Å². The number of likely N-dealkylation sites (tertiary alicyclic amines) is 1. The summed E-state index contributed by atoms with van der Waals surface area (Å²) in [6, 6.07) is 6.07. The smallest absolute Gasteiger partial charge is 0.223 e. The van der Waals surface area contributed by atoms with Crippen molar-refractivity contribution in [3.8, 4) is 0 Å². The van der Waals surface area contributed by atoms with Crippen molar-refractivity contribution in [2.24, 2.45) is 5.92 Å². The van der Waals surface area contributed by atoms with E-state index in [4.69, 9.17) is 4.74 Å². The van der Waals surface area contributed by atoms with Gasteiger partial charge in [0.15, 0.2) is 0 Å². The Morgan fingerprint density at radius 2 is 2.13 bits per heavy atom. The Balaban J connectivity index is 1.44. The van der Waals surface area contributed by atoms with Crippen molar-refractivity contribution in [2.45, 2.75) is 25.7 Å². The number of aromatic nitrogens is 1. The zero-order valence-electron chi connectivity index (χ0n) is 13.8. The van der Waals surface area contributed by atoms with Crippen molar-refractivity contribution in [3.63, 3.8) is 0 Å². The van der Waals surface area contributed by atoms with Gasteiger partial charge in [-0.2, -0.15) is 0 Å². The fourth-order valence-corrected chi connectivity index (χ4v) is 3.51. The first-order chi connectivity index (χ1) is 11.3. The topological polar surface area (TPSA) is 45.7 Å². The van der Waals surface area contributed by atoms with Gasteiger partial charge in [-0.25, -0.2) is 0 Å². The molecule has 3 heterocycles. The van der Waals surface area contributed by atoms with Crippen LogP contribution >= 0.6 is 0 Å². The monoisotopic (exact) mass is 317 g/mol. The molecule has 2 aliphatic heterocycles. The first kappa shape index (κ1) is 16.4. The Bertz CT molecular complexity index is 488. The predicted octanol–water partition coefficient (Wildman–Crippen LogP) is 1.58.